The maximum Gasteiger partial charge on any atom is 0.238 e. The van der Waals surface area contributed by atoms with Crippen molar-refractivity contribution in [3.8, 4) is 0 Å². The van der Waals surface area contributed by atoms with E-state index in [0.29, 0.717) is 6.54 Å². The number of nitrogens with zero attached hydrogens (tertiary/aromatic N) is 1. The van der Waals surface area contributed by atoms with Gasteiger partial charge in [-0.05, 0) is 37.1 Å². The SMILES string of the molecule is Cl.NC1CCN(CC(=O)Nc2ccccc2Sc2ccccc2)CC1. The van der Waals surface area contributed by atoms with Crippen LogP contribution in [0, 0.1) is 0 Å². The van der Waals surface area contributed by atoms with Gasteiger partial charge in [0.15, 0.2) is 0 Å². The van der Waals surface area contributed by atoms with Crippen molar-refractivity contribution in [1.29, 1.82) is 0 Å². The summed E-state index contributed by atoms with van der Waals surface area (Å²) in [6, 6.07) is 18.4. The summed E-state index contributed by atoms with van der Waals surface area (Å²) in [6.07, 6.45) is 1.93. The van der Waals surface area contributed by atoms with Gasteiger partial charge in [0, 0.05) is 28.9 Å². The van der Waals surface area contributed by atoms with Crippen molar-refractivity contribution < 1.29 is 4.79 Å². The highest BCUT2D eigenvalue weighted by atomic mass is 35.5. The second-order valence-electron chi connectivity index (χ2n) is 6.07. The Balaban J connectivity index is 0.00000225. The topological polar surface area (TPSA) is 58.4 Å². The Morgan fingerprint density at radius 1 is 1.08 bits per heavy atom. The van der Waals surface area contributed by atoms with Gasteiger partial charge in [-0.1, -0.05) is 42.1 Å². The van der Waals surface area contributed by atoms with Crippen LogP contribution in [0.4, 0.5) is 5.69 Å². The zero-order valence-electron chi connectivity index (χ0n) is 14.1. The highest BCUT2D eigenvalue weighted by molar-refractivity contribution is 7.99. The lowest BCUT2D eigenvalue weighted by Gasteiger charge is -2.29. The third kappa shape index (κ3) is 6.04. The fraction of sp³-hybridized carbons (Fsp3) is 0.316. The molecule has 1 heterocycles. The number of carbonyl (C=O) groups excluding carboxylic acids is 1. The summed E-state index contributed by atoms with van der Waals surface area (Å²) < 4.78 is 0. The van der Waals surface area contributed by atoms with Crippen LogP contribution in [-0.2, 0) is 4.79 Å². The first-order valence-electron chi connectivity index (χ1n) is 8.30. The fourth-order valence-corrected chi connectivity index (χ4v) is 3.70. The molecule has 3 rings (SSSR count). The van der Waals surface area contributed by atoms with E-state index in [1.165, 1.54) is 0 Å². The van der Waals surface area contributed by atoms with Gasteiger partial charge in [-0.15, -0.1) is 12.4 Å². The maximum atomic E-state index is 12.4. The molecule has 0 bridgehead atoms. The molecule has 0 radical (unpaired) electrons. The predicted octanol–water partition coefficient (Wildman–Crippen LogP) is 3.62. The van der Waals surface area contributed by atoms with Gasteiger partial charge in [-0.2, -0.15) is 0 Å². The van der Waals surface area contributed by atoms with Crippen molar-refractivity contribution in [2.24, 2.45) is 5.73 Å². The number of anilines is 1. The van der Waals surface area contributed by atoms with Crippen LogP contribution < -0.4 is 11.1 Å². The monoisotopic (exact) mass is 377 g/mol. The molecule has 0 aliphatic carbocycles. The molecule has 3 N–H and O–H groups in total. The van der Waals surface area contributed by atoms with Crippen LogP contribution in [0.5, 0.6) is 0 Å². The van der Waals surface area contributed by atoms with Crippen LogP contribution in [0.3, 0.4) is 0 Å². The van der Waals surface area contributed by atoms with E-state index in [0.717, 1.165) is 41.4 Å². The molecule has 6 heteroatoms. The summed E-state index contributed by atoms with van der Waals surface area (Å²) in [5, 5.41) is 3.06. The Morgan fingerprint density at radius 2 is 1.72 bits per heavy atom. The number of nitrogens with two attached hydrogens (primary N) is 1. The number of nitrogens with one attached hydrogen (secondary N) is 1. The first-order chi connectivity index (χ1) is 11.7. The number of piperidine rings is 1. The molecular formula is C19H24ClN3OS. The molecule has 1 amide bonds. The van der Waals surface area contributed by atoms with Gasteiger partial charge in [0.05, 0.1) is 12.2 Å². The average Bonchev–Trinajstić information content (AvgIpc) is 2.60. The Morgan fingerprint density at radius 3 is 2.44 bits per heavy atom. The summed E-state index contributed by atoms with van der Waals surface area (Å²) in [4.78, 5) is 16.8. The smallest absolute Gasteiger partial charge is 0.238 e. The molecular weight excluding hydrogens is 354 g/mol. The van der Waals surface area contributed by atoms with E-state index in [4.69, 9.17) is 5.73 Å². The van der Waals surface area contributed by atoms with Crippen molar-refractivity contribution in [3.63, 3.8) is 0 Å². The minimum Gasteiger partial charge on any atom is -0.328 e. The molecule has 2 aromatic carbocycles. The molecule has 1 saturated heterocycles. The lowest BCUT2D eigenvalue weighted by atomic mass is 10.1. The van der Waals surface area contributed by atoms with E-state index in [1.807, 2.05) is 42.5 Å². The van der Waals surface area contributed by atoms with Gasteiger partial charge in [0.1, 0.15) is 0 Å². The molecule has 0 aromatic heterocycles. The van der Waals surface area contributed by atoms with Crippen molar-refractivity contribution in [1.82, 2.24) is 4.90 Å². The van der Waals surface area contributed by atoms with Crippen LogP contribution in [0.2, 0.25) is 0 Å². The third-order valence-corrected chi connectivity index (χ3v) is 5.22. The summed E-state index contributed by atoms with van der Waals surface area (Å²) >= 11 is 1.66. The molecule has 1 fully saturated rings. The summed E-state index contributed by atoms with van der Waals surface area (Å²) in [7, 11) is 0. The zero-order chi connectivity index (χ0) is 16.8. The van der Waals surface area contributed by atoms with Crippen molar-refractivity contribution in [2.75, 3.05) is 25.0 Å². The van der Waals surface area contributed by atoms with Crippen LogP contribution >= 0.6 is 24.2 Å². The molecule has 0 atom stereocenters. The van der Waals surface area contributed by atoms with Crippen LogP contribution in [0.25, 0.3) is 0 Å². The van der Waals surface area contributed by atoms with E-state index >= 15 is 0 Å². The first-order valence-corrected chi connectivity index (χ1v) is 9.12. The standard InChI is InChI=1S/C19H23N3OS.ClH/c20-15-10-12-22(13-11-15)14-19(23)21-17-8-4-5-9-18(17)24-16-6-2-1-3-7-16;/h1-9,15H,10-14,20H2,(H,21,23);1H. The number of hydrogen-bond donors (Lipinski definition) is 2. The lowest BCUT2D eigenvalue weighted by molar-refractivity contribution is -0.117. The minimum atomic E-state index is 0. The summed E-state index contributed by atoms with van der Waals surface area (Å²) in [5.74, 6) is 0.0339. The molecule has 0 spiro atoms. The van der Waals surface area contributed by atoms with Gasteiger partial charge >= 0.3 is 0 Å². The second-order valence-corrected chi connectivity index (χ2v) is 7.19. The molecule has 1 aliphatic heterocycles. The average molecular weight is 378 g/mol. The Bertz CT molecular complexity index is 675. The molecule has 0 unspecified atom stereocenters. The Hall–Kier alpha value is -1.53. The summed E-state index contributed by atoms with van der Waals surface area (Å²) in [5.41, 5.74) is 6.78. The van der Waals surface area contributed by atoms with Gasteiger partial charge in [0.25, 0.3) is 0 Å². The maximum absolute atomic E-state index is 12.4. The lowest BCUT2D eigenvalue weighted by Crippen LogP contribution is -2.43. The number of hydrogen-bond acceptors (Lipinski definition) is 4. The Labute approximate surface area is 159 Å². The quantitative estimate of drug-likeness (QED) is 0.835. The Kier molecular flexibility index (Phi) is 7.78. The predicted molar refractivity (Wildman–Crippen MR) is 107 cm³/mol. The van der Waals surface area contributed by atoms with Crippen molar-refractivity contribution >= 4 is 35.8 Å². The van der Waals surface area contributed by atoms with Crippen LogP contribution in [-0.4, -0.2) is 36.5 Å². The molecule has 4 nitrogen and oxygen atoms in total. The van der Waals surface area contributed by atoms with Crippen molar-refractivity contribution in [2.45, 2.75) is 28.7 Å². The number of halogens is 1. The first kappa shape index (κ1) is 19.8. The number of benzene rings is 2. The molecule has 25 heavy (non-hydrogen) atoms. The van der Waals surface area contributed by atoms with Gasteiger partial charge < -0.3 is 11.1 Å². The van der Waals surface area contributed by atoms with E-state index in [-0.39, 0.29) is 24.4 Å². The number of carbonyl (C=O) groups is 1. The highest BCUT2D eigenvalue weighted by Crippen LogP contribution is 2.33. The molecule has 1 aliphatic rings. The van der Waals surface area contributed by atoms with E-state index in [1.54, 1.807) is 11.8 Å². The van der Waals surface area contributed by atoms with E-state index < -0.39 is 0 Å². The molecule has 134 valence electrons. The van der Waals surface area contributed by atoms with Gasteiger partial charge in [0.2, 0.25) is 5.91 Å². The fourth-order valence-electron chi connectivity index (χ4n) is 2.78. The van der Waals surface area contributed by atoms with Crippen molar-refractivity contribution in [3.05, 3.63) is 54.6 Å². The summed E-state index contributed by atoms with van der Waals surface area (Å²) in [6.45, 7) is 2.22. The second kappa shape index (κ2) is 9.82. The normalized spacial score (nSPS) is 15.4. The number of amides is 1. The zero-order valence-corrected chi connectivity index (χ0v) is 15.7. The molecule has 2 aromatic rings. The minimum absolute atomic E-state index is 0. The number of para-hydroxylation sites is 1. The van der Waals surface area contributed by atoms with Gasteiger partial charge in [-0.25, -0.2) is 0 Å². The third-order valence-electron chi connectivity index (χ3n) is 4.13. The van der Waals surface area contributed by atoms with Crippen LogP contribution in [0.15, 0.2) is 64.4 Å². The molecule has 0 saturated carbocycles. The van der Waals surface area contributed by atoms with Crippen LogP contribution in [0.1, 0.15) is 12.8 Å². The van der Waals surface area contributed by atoms with Gasteiger partial charge in [-0.3, -0.25) is 9.69 Å². The highest BCUT2D eigenvalue weighted by Gasteiger charge is 2.18. The number of rotatable bonds is 5. The number of likely N-dealkylation sites (tertiary alicyclic amines) is 1. The van der Waals surface area contributed by atoms with E-state index in [2.05, 4.69) is 22.3 Å². The van der Waals surface area contributed by atoms with E-state index in [9.17, 15) is 4.79 Å². The largest absolute Gasteiger partial charge is 0.328 e.